The number of ether oxygens (including phenoxy) is 2. The molecule has 1 saturated heterocycles. The number of rotatable bonds is 9. The summed E-state index contributed by atoms with van der Waals surface area (Å²) in [6.45, 7) is 5.73. The van der Waals surface area contributed by atoms with E-state index in [2.05, 4.69) is 14.9 Å². The summed E-state index contributed by atoms with van der Waals surface area (Å²) in [5.41, 5.74) is 3.77. The standard InChI is InChI=1S/C24H27N3O4S/c1-16-11-20(17(2)27(16)13-19-9-6-10-30-19)22(28)14-31-23(29)21-15-32-24(26-21)25-12-18-7-4-3-5-8-18/h3-5,7-8,11,15,19H,6,9-10,12-14H2,1-2H3,(H,25,26)/t19-/m1/s1. The van der Waals surface area contributed by atoms with Gasteiger partial charge in [0, 0.05) is 42.0 Å². The molecule has 0 spiro atoms. The third-order valence-electron chi connectivity index (χ3n) is 5.62. The first-order chi connectivity index (χ1) is 15.5. The third kappa shape index (κ3) is 5.26. The van der Waals surface area contributed by atoms with Crippen LogP contribution >= 0.6 is 11.3 Å². The van der Waals surface area contributed by atoms with Crippen LogP contribution in [-0.2, 0) is 22.6 Å². The second-order valence-electron chi connectivity index (χ2n) is 7.91. The topological polar surface area (TPSA) is 82.5 Å². The quantitative estimate of drug-likeness (QED) is 0.382. The Labute approximate surface area is 191 Å². The second kappa shape index (κ2) is 10.1. The van der Waals surface area contributed by atoms with Crippen LogP contribution in [0.25, 0.3) is 0 Å². The molecule has 1 fully saturated rings. The smallest absolute Gasteiger partial charge is 0.358 e. The van der Waals surface area contributed by atoms with Gasteiger partial charge in [0.15, 0.2) is 17.4 Å². The van der Waals surface area contributed by atoms with E-state index in [4.69, 9.17) is 9.47 Å². The van der Waals surface area contributed by atoms with Crippen molar-refractivity contribution in [1.29, 1.82) is 0 Å². The number of hydrogen-bond acceptors (Lipinski definition) is 7. The Bertz CT molecular complexity index is 1080. The molecule has 0 bridgehead atoms. The maximum absolute atomic E-state index is 12.7. The number of esters is 1. The lowest BCUT2D eigenvalue weighted by molar-refractivity contribution is 0.0469. The van der Waals surface area contributed by atoms with E-state index in [0.29, 0.717) is 17.2 Å². The minimum atomic E-state index is -0.601. The summed E-state index contributed by atoms with van der Waals surface area (Å²) in [5, 5.41) is 5.45. The zero-order valence-electron chi connectivity index (χ0n) is 18.3. The molecule has 3 aromatic rings. The second-order valence-corrected chi connectivity index (χ2v) is 8.76. The molecule has 0 unspecified atom stereocenters. The molecule has 1 N–H and O–H groups in total. The van der Waals surface area contributed by atoms with Crippen LogP contribution < -0.4 is 5.32 Å². The summed E-state index contributed by atoms with van der Waals surface area (Å²) >= 11 is 1.33. The van der Waals surface area contributed by atoms with Crippen LogP contribution in [0, 0.1) is 13.8 Å². The molecular weight excluding hydrogens is 426 g/mol. The molecule has 1 atom stereocenters. The van der Waals surface area contributed by atoms with E-state index < -0.39 is 5.97 Å². The van der Waals surface area contributed by atoms with Gasteiger partial charge >= 0.3 is 5.97 Å². The summed E-state index contributed by atoms with van der Waals surface area (Å²) in [7, 11) is 0. The molecular formula is C24H27N3O4S. The Kier molecular flexibility index (Phi) is 7.02. The SMILES string of the molecule is Cc1cc(C(=O)COC(=O)c2csc(NCc3ccccc3)n2)c(C)n1C[C@H]1CCCO1. The van der Waals surface area contributed by atoms with Crippen molar-refractivity contribution in [1.82, 2.24) is 9.55 Å². The molecule has 0 radical (unpaired) electrons. The Morgan fingerprint density at radius 1 is 1.28 bits per heavy atom. The normalized spacial score (nSPS) is 15.6. The third-order valence-corrected chi connectivity index (χ3v) is 6.42. The van der Waals surface area contributed by atoms with Crippen molar-refractivity contribution in [2.45, 2.75) is 45.9 Å². The van der Waals surface area contributed by atoms with Crippen molar-refractivity contribution in [3.8, 4) is 0 Å². The van der Waals surface area contributed by atoms with Crippen molar-refractivity contribution in [2.24, 2.45) is 0 Å². The summed E-state index contributed by atoms with van der Waals surface area (Å²) in [4.78, 5) is 29.4. The van der Waals surface area contributed by atoms with E-state index >= 15 is 0 Å². The van der Waals surface area contributed by atoms with Gasteiger partial charge in [-0.05, 0) is 38.3 Å². The van der Waals surface area contributed by atoms with E-state index in [1.165, 1.54) is 11.3 Å². The van der Waals surface area contributed by atoms with Gasteiger partial charge in [0.05, 0.1) is 6.10 Å². The fraction of sp³-hybridized carbons (Fsp3) is 0.375. The first-order valence-electron chi connectivity index (χ1n) is 10.7. The van der Waals surface area contributed by atoms with Crippen LogP contribution in [0.15, 0.2) is 41.8 Å². The fourth-order valence-corrected chi connectivity index (χ4v) is 4.54. The van der Waals surface area contributed by atoms with Crippen molar-refractivity contribution in [2.75, 3.05) is 18.5 Å². The summed E-state index contributed by atoms with van der Waals surface area (Å²) in [5.74, 6) is -0.821. The van der Waals surface area contributed by atoms with E-state index in [-0.39, 0.29) is 24.2 Å². The van der Waals surface area contributed by atoms with Crippen LogP contribution in [0.3, 0.4) is 0 Å². The number of nitrogens with zero attached hydrogens (tertiary/aromatic N) is 2. The molecule has 2 aromatic heterocycles. The molecule has 168 valence electrons. The summed E-state index contributed by atoms with van der Waals surface area (Å²) in [6.07, 6.45) is 2.30. The van der Waals surface area contributed by atoms with Crippen molar-refractivity contribution < 1.29 is 19.1 Å². The minimum Gasteiger partial charge on any atom is -0.453 e. The van der Waals surface area contributed by atoms with Crippen LogP contribution in [-0.4, -0.2) is 40.6 Å². The number of benzene rings is 1. The summed E-state index contributed by atoms with van der Waals surface area (Å²) < 4.78 is 13.1. The van der Waals surface area contributed by atoms with E-state index in [9.17, 15) is 9.59 Å². The number of aryl methyl sites for hydroxylation is 1. The van der Waals surface area contributed by atoms with Gasteiger partial charge in [-0.25, -0.2) is 9.78 Å². The average molecular weight is 454 g/mol. The van der Waals surface area contributed by atoms with Gasteiger partial charge in [0.25, 0.3) is 0 Å². The maximum Gasteiger partial charge on any atom is 0.358 e. The molecule has 0 aliphatic carbocycles. The molecule has 3 heterocycles. The first kappa shape index (κ1) is 22.2. The highest BCUT2D eigenvalue weighted by atomic mass is 32.1. The Balaban J connectivity index is 1.31. The lowest BCUT2D eigenvalue weighted by atomic mass is 10.1. The number of carbonyl (C=O) groups excluding carboxylic acids is 2. The molecule has 0 saturated carbocycles. The predicted molar refractivity (Wildman–Crippen MR) is 123 cm³/mol. The number of thiazole rings is 1. The van der Waals surface area contributed by atoms with Gasteiger partial charge in [-0.2, -0.15) is 0 Å². The molecule has 1 aliphatic heterocycles. The van der Waals surface area contributed by atoms with Crippen LogP contribution in [0.2, 0.25) is 0 Å². The molecule has 1 aromatic carbocycles. The number of ketones is 1. The highest BCUT2D eigenvalue weighted by Crippen LogP contribution is 2.21. The summed E-state index contributed by atoms with van der Waals surface area (Å²) in [6, 6.07) is 11.8. The van der Waals surface area contributed by atoms with Gasteiger partial charge in [-0.3, -0.25) is 4.79 Å². The number of nitrogens with one attached hydrogen (secondary N) is 1. The molecule has 8 heteroatoms. The lowest BCUT2D eigenvalue weighted by Crippen LogP contribution is -2.18. The lowest BCUT2D eigenvalue weighted by Gasteiger charge is -2.14. The molecule has 4 rings (SSSR count). The number of anilines is 1. The van der Waals surface area contributed by atoms with Crippen LogP contribution in [0.4, 0.5) is 5.13 Å². The Morgan fingerprint density at radius 2 is 2.09 bits per heavy atom. The fourth-order valence-electron chi connectivity index (χ4n) is 3.86. The molecule has 7 nitrogen and oxygen atoms in total. The van der Waals surface area contributed by atoms with E-state index in [0.717, 1.165) is 42.9 Å². The van der Waals surface area contributed by atoms with Crippen molar-refractivity contribution in [3.63, 3.8) is 0 Å². The molecule has 32 heavy (non-hydrogen) atoms. The van der Waals surface area contributed by atoms with E-state index in [1.54, 1.807) is 5.38 Å². The van der Waals surface area contributed by atoms with Crippen LogP contribution in [0.5, 0.6) is 0 Å². The molecule has 0 amide bonds. The average Bonchev–Trinajstić information content (AvgIpc) is 3.55. The van der Waals surface area contributed by atoms with Gasteiger partial charge in [-0.15, -0.1) is 11.3 Å². The van der Waals surface area contributed by atoms with Gasteiger partial charge in [-0.1, -0.05) is 30.3 Å². The Morgan fingerprint density at radius 3 is 2.84 bits per heavy atom. The maximum atomic E-state index is 12.7. The zero-order chi connectivity index (χ0) is 22.5. The highest BCUT2D eigenvalue weighted by molar-refractivity contribution is 7.13. The first-order valence-corrected chi connectivity index (χ1v) is 11.6. The van der Waals surface area contributed by atoms with Gasteiger partial charge in [0.1, 0.15) is 0 Å². The predicted octanol–water partition coefficient (Wildman–Crippen LogP) is 4.39. The Hall–Kier alpha value is -2.97. The van der Waals surface area contributed by atoms with E-state index in [1.807, 2.05) is 50.2 Å². The number of aromatic nitrogens is 2. The number of carbonyl (C=O) groups is 2. The molecule has 1 aliphatic rings. The number of Topliss-reactive ketones (excluding diaryl/α,β-unsaturated/α-hetero) is 1. The minimum absolute atomic E-state index is 0.190. The largest absolute Gasteiger partial charge is 0.453 e. The van der Waals surface area contributed by atoms with Gasteiger partial charge < -0.3 is 19.4 Å². The zero-order valence-corrected chi connectivity index (χ0v) is 19.1. The number of hydrogen-bond donors (Lipinski definition) is 1. The van der Waals surface area contributed by atoms with Gasteiger partial charge in [0.2, 0.25) is 5.78 Å². The van der Waals surface area contributed by atoms with Crippen molar-refractivity contribution >= 4 is 28.2 Å². The van der Waals surface area contributed by atoms with Crippen molar-refractivity contribution in [3.05, 3.63) is 70.0 Å². The van der Waals surface area contributed by atoms with Crippen LogP contribution in [0.1, 0.15) is 50.6 Å². The highest BCUT2D eigenvalue weighted by Gasteiger charge is 2.22. The monoisotopic (exact) mass is 453 g/mol.